The molecule has 1 heterocycles. The lowest BCUT2D eigenvalue weighted by Gasteiger charge is -2.08. The fourth-order valence-corrected chi connectivity index (χ4v) is 1.59. The standard InChI is InChI=1S/C13H13FN2O/c1-15-12-8-4-6-10(16-12)9-5-3-7-11(17-2)13(9)14/h3-8H,1-2H3,(H,15,16). The van der Waals surface area contributed by atoms with E-state index in [1.165, 1.54) is 7.11 Å². The van der Waals surface area contributed by atoms with Gasteiger partial charge in [-0.25, -0.2) is 9.37 Å². The SMILES string of the molecule is CNc1cccc(-c2cccc(OC)c2F)n1. The second-order valence-corrected chi connectivity index (χ2v) is 3.48. The summed E-state index contributed by atoms with van der Waals surface area (Å²) in [6, 6.07) is 10.4. The van der Waals surface area contributed by atoms with Crippen LogP contribution in [0.1, 0.15) is 0 Å². The summed E-state index contributed by atoms with van der Waals surface area (Å²) in [5.74, 6) is 0.527. The molecule has 1 aromatic heterocycles. The van der Waals surface area contributed by atoms with Crippen LogP contribution >= 0.6 is 0 Å². The van der Waals surface area contributed by atoms with E-state index >= 15 is 0 Å². The third-order valence-electron chi connectivity index (χ3n) is 2.46. The lowest BCUT2D eigenvalue weighted by atomic mass is 10.1. The van der Waals surface area contributed by atoms with Gasteiger partial charge in [0, 0.05) is 12.6 Å². The second kappa shape index (κ2) is 4.82. The number of hydrogen-bond donors (Lipinski definition) is 1. The Kier molecular flexibility index (Phi) is 3.23. The van der Waals surface area contributed by atoms with Crippen molar-refractivity contribution >= 4 is 5.82 Å². The molecule has 0 amide bonds. The number of anilines is 1. The number of benzene rings is 1. The average molecular weight is 232 g/mol. The van der Waals surface area contributed by atoms with Crippen LogP contribution in [-0.4, -0.2) is 19.1 Å². The summed E-state index contributed by atoms with van der Waals surface area (Å²) in [5, 5.41) is 2.92. The summed E-state index contributed by atoms with van der Waals surface area (Å²) < 4.78 is 19.0. The molecule has 17 heavy (non-hydrogen) atoms. The molecule has 2 rings (SSSR count). The van der Waals surface area contributed by atoms with E-state index in [1.54, 1.807) is 31.3 Å². The van der Waals surface area contributed by atoms with Gasteiger partial charge >= 0.3 is 0 Å². The van der Waals surface area contributed by atoms with Gasteiger partial charge in [0.05, 0.1) is 12.8 Å². The molecule has 0 fully saturated rings. The van der Waals surface area contributed by atoms with E-state index in [0.717, 1.165) is 0 Å². The first kappa shape index (κ1) is 11.4. The number of aromatic nitrogens is 1. The highest BCUT2D eigenvalue weighted by molar-refractivity contribution is 5.64. The number of ether oxygens (including phenoxy) is 1. The third-order valence-corrected chi connectivity index (χ3v) is 2.46. The molecule has 88 valence electrons. The molecule has 2 aromatic rings. The van der Waals surface area contributed by atoms with E-state index in [0.29, 0.717) is 17.1 Å². The molecule has 0 spiro atoms. The Morgan fingerprint density at radius 2 is 1.94 bits per heavy atom. The predicted molar refractivity (Wildman–Crippen MR) is 65.7 cm³/mol. The van der Waals surface area contributed by atoms with Crippen molar-refractivity contribution in [3.8, 4) is 17.0 Å². The largest absolute Gasteiger partial charge is 0.494 e. The number of pyridine rings is 1. The van der Waals surface area contributed by atoms with Crippen molar-refractivity contribution in [2.24, 2.45) is 0 Å². The Morgan fingerprint density at radius 3 is 2.65 bits per heavy atom. The number of rotatable bonds is 3. The molecule has 0 saturated heterocycles. The first-order valence-electron chi connectivity index (χ1n) is 5.24. The Balaban J connectivity index is 2.52. The van der Waals surface area contributed by atoms with Crippen molar-refractivity contribution in [3.05, 3.63) is 42.2 Å². The minimum atomic E-state index is -0.393. The number of hydrogen-bond acceptors (Lipinski definition) is 3. The number of halogens is 1. The zero-order valence-corrected chi connectivity index (χ0v) is 9.70. The van der Waals surface area contributed by atoms with Crippen LogP contribution in [0.4, 0.5) is 10.2 Å². The minimum Gasteiger partial charge on any atom is -0.494 e. The van der Waals surface area contributed by atoms with Gasteiger partial charge in [0.1, 0.15) is 5.82 Å². The molecular weight excluding hydrogens is 219 g/mol. The minimum absolute atomic E-state index is 0.221. The van der Waals surface area contributed by atoms with Crippen LogP contribution in [0.3, 0.4) is 0 Å². The maximum atomic E-state index is 14.0. The topological polar surface area (TPSA) is 34.1 Å². The van der Waals surface area contributed by atoms with Crippen LogP contribution in [0, 0.1) is 5.82 Å². The van der Waals surface area contributed by atoms with E-state index in [9.17, 15) is 4.39 Å². The first-order valence-corrected chi connectivity index (χ1v) is 5.24. The van der Waals surface area contributed by atoms with Gasteiger partial charge in [-0.3, -0.25) is 0 Å². The van der Waals surface area contributed by atoms with Crippen molar-refractivity contribution < 1.29 is 9.13 Å². The van der Waals surface area contributed by atoms with Crippen molar-refractivity contribution in [1.82, 2.24) is 4.98 Å². The van der Waals surface area contributed by atoms with Gasteiger partial charge in [-0.15, -0.1) is 0 Å². The van der Waals surface area contributed by atoms with Crippen LogP contribution < -0.4 is 10.1 Å². The molecule has 1 N–H and O–H groups in total. The maximum Gasteiger partial charge on any atom is 0.174 e. The Morgan fingerprint density at radius 1 is 1.18 bits per heavy atom. The molecular formula is C13H13FN2O. The molecule has 0 aliphatic rings. The van der Waals surface area contributed by atoms with Gasteiger partial charge in [-0.05, 0) is 24.3 Å². The van der Waals surface area contributed by atoms with Crippen LogP contribution in [0.15, 0.2) is 36.4 Å². The Hall–Kier alpha value is -2.10. The molecule has 0 unspecified atom stereocenters. The molecule has 3 nitrogen and oxygen atoms in total. The number of nitrogens with zero attached hydrogens (tertiary/aromatic N) is 1. The van der Waals surface area contributed by atoms with Gasteiger partial charge in [0.25, 0.3) is 0 Å². The normalized spacial score (nSPS) is 10.1. The lowest BCUT2D eigenvalue weighted by molar-refractivity contribution is 0.387. The fraction of sp³-hybridized carbons (Fsp3) is 0.154. The van der Waals surface area contributed by atoms with Gasteiger partial charge in [0.2, 0.25) is 0 Å². The van der Waals surface area contributed by atoms with Crippen molar-refractivity contribution in [2.75, 3.05) is 19.5 Å². The van der Waals surface area contributed by atoms with Crippen LogP contribution in [0.25, 0.3) is 11.3 Å². The maximum absolute atomic E-state index is 14.0. The van der Waals surface area contributed by atoms with Crippen LogP contribution in [0.2, 0.25) is 0 Å². The quantitative estimate of drug-likeness (QED) is 0.883. The highest BCUT2D eigenvalue weighted by atomic mass is 19.1. The van der Waals surface area contributed by atoms with E-state index in [-0.39, 0.29) is 5.75 Å². The van der Waals surface area contributed by atoms with Crippen molar-refractivity contribution in [2.45, 2.75) is 0 Å². The van der Waals surface area contributed by atoms with Crippen LogP contribution in [0.5, 0.6) is 5.75 Å². The zero-order chi connectivity index (χ0) is 12.3. The molecule has 0 aliphatic carbocycles. The molecule has 0 radical (unpaired) electrons. The Labute approximate surface area is 99.3 Å². The third kappa shape index (κ3) is 2.20. The van der Waals surface area contributed by atoms with E-state index in [1.807, 2.05) is 12.1 Å². The molecule has 4 heteroatoms. The highest BCUT2D eigenvalue weighted by Gasteiger charge is 2.11. The van der Waals surface area contributed by atoms with E-state index in [4.69, 9.17) is 4.74 Å². The van der Waals surface area contributed by atoms with E-state index < -0.39 is 5.82 Å². The fourth-order valence-electron chi connectivity index (χ4n) is 1.59. The summed E-state index contributed by atoms with van der Waals surface area (Å²) in [5.41, 5.74) is 1.01. The number of nitrogens with one attached hydrogen (secondary N) is 1. The lowest BCUT2D eigenvalue weighted by Crippen LogP contribution is -1.96. The predicted octanol–water partition coefficient (Wildman–Crippen LogP) is 2.94. The highest BCUT2D eigenvalue weighted by Crippen LogP contribution is 2.28. The Bertz CT molecular complexity index is 529. The smallest absolute Gasteiger partial charge is 0.174 e. The molecule has 0 atom stereocenters. The van der Waals surface area contributed by atoms with E-state index in [2.05, 4.69) is 10.3 Å². The van der Waals surface area contributed by atoms with Gasteiger partial charge in [-0.2, -0.15) is 0 Å². The monoisotopic (exact) mass is 232 g/mol. The summed E-state index contributed by atoms with van der Waals surface area (Å²) in [6.07, 6.45) is 0. The molecule has 0 saturated carbocycles. The summed E-state index contributed by atoms with van der Waals surface area (Å²) >= 11 is 0. The molecule has 0 aliphatic heterocycles. The van der Waals surface area contributed by atoms with Crippen molar-refractivity contribution in [1.29, 1.82) is 0 Å². The average Bonchev–Trinajstić information content (AvgIpc) is 2.39. The summed E-state index contributed by atoms with van der Waals surface area (Å²) in [4.78, 5) is 4.29. The number of methoxy groups -OCH3 is 1. The van der Waals surface area contributed by atoms with Crippen LogP contribution in [-0.2, 0) is 0 Å². The first-order chi connectivity index (χ1) is 8.26. The molecule has 0 bridgehead atoms. The zero-order valence-electron chi connectivity index (χ0n) is 9.70. The van der Waals surface area contributed by atoms with Gasteiger partial charge in [0.15, 0.2) is 11.6 Å². The summed E-state index contributed by atoms with van der Waals surface area (Å²) in [6.45, 7) is 0. The second-order valence-electron chi connectivity index (χ2n) is 3.48. The molecule has 1 aromatic carbocycles. The van der Waals surface area contributed by atoms with Gasteiger partial charge in [-0.1, -0.05) is 12.1 Å². The summed E-state index contributed by atoms with van der Waals surface area (Å²) in [7, 11) is 3.22. The van der Waals surface area contributed by atoms with Gasteiger partial charge < -0.3 is 10.1 Å². The van der Waals surface area contributed by atoms with Crippen molar-refractivity contribution in [3.63, 3.8) is 0 Å².